The molecule has 0 radical (unpaired) electrons. The second kappa shape index (κ2) is 8.93. The summed E-state index contributed by atoms with van der Waals surface area (Å²) in [5.41, 5.74) is 2.02. The van der Waals surface area contributed by atoms with Gasteiger partial charge in [0.05, 0.1) is 5.56 Å². The third kappa shape index (κ3) is 5.40. The first-order valence-electron chi connectivity index (χ1n) is 7.16. The van der Waals surface area contributed by atoms with Crippen LogP contribution < -0.4 is 0 Å². The fourth-order valence-electron chi connectivity index (χ4n) is 1.76. The standard InChI is InChI=1S/C13H10O2.C5H13N/c14-13(15)12-9-5-4-8-11(12)10-6-2-1-3-7-10;1-4-6(3)5-2/h1-9H,(H,14,15);4-5H2,1-3H3. The molecule has 0 aromatic heterocycles. The lowest BCUT2D eigenvalue weighted by Gasteiger charge is -2.07. The molecular formula is C18H23NO2. The number of carboxylic acids is 1. The molecule has 1 N–H and O–H groups in total. The van der Waals surface area contributed by atoms with Crippen molar-refractivity contribution in [3.63, 3.8) is 0 Å². The van der Waals surface area contributed by atoms with Crippen molar-refractivity contribution in [2.24, 2.45) is 0 Å². The molecule has 0 aliphatic heterocycles. The molecule has 2 rings (SSSR count). The summed E-state index contributed by atoms with van der Waals surface area (Å²) in [4.78, 5) is 13.2. The number of carbonyl (C=O) groups is 1. The second-order valence-electron chi connectivity index (χ2n) is 4.71. The molecule has 0 unspecified atom stereocenters. The smallest absolute Gasteiger partial charge is 0.336 e. The summed E-state index contributed by atoms with van der Waals surface area (Å²) >= 11 is 0. The van der Waals surface area contributed by atoms with E-state index in [-0.39, 0.29) is 0 Å². The lowest BCUT2D eigenvalue weighted by Crippen LogP contribution is -2.15. The van der Waals surface area contributed by atoms with E-state index in [0.29, 0.717) is 5.56 Å². The summed E-state index contributed by atoms with van der Waals surface area (Å²) in [7, 11) is 2.11. The molecule has 0 bridgehead atoms. The third-order valence-electron chi connectivity index (χ3n) is 3.32. The maximum Gasteiger partial charge on any atom is 0.336 e. The summed E-state index contributed by atoms with van der Waals surface area (Å²) in [6.07, 6.45) is 0. The van der Waals surface area contributed by atoms with E-state index in [4.69, 9.17) is 5.11 Å². The van der Waals surface area contributed by atoms with Gasteiger partial charge in [-0.3, -0.25) is 0 Å². The van der Waals surface area contributed by atoms with Gasteiger partial charge in [-0.1, -0.05) is 62.4 Å². The third-order valence-corrected chi connectivity index (χ3v) is 3.32. The lowest BCUT2D eigenvalue weighted by molar-refractivity contribution is 0.0697. The Morgan fingerprint density at radius 3 is 1.95 bits per heavy atom. The number of nitrogens with zero attached hydrogens (tertiary/aromatic N) is 1. The molecule has 2 aromatic rings. The predicted octanol–water partition coefficient (Wildman–Crippen LogP) is 4.01. The highest BCUT2D eigenvalue weighted by atomic mass is 16.4. The van der Waals surface area contributed by atoms with Crippen LogP contribution in [-0.2, 0) is 0 Å². The minimum atomic E-state index is -0.894. The topological polar surface area (TPSA) is 40.5 Å². The van der Waals surface area contributed by atoms with Crippen LogP contribution in [0.5, 0.6) is 0 Å². The number of benzene rings is 2. The minimum Gasteiger partial charge on any atom is -0.478 e. The average Bonchev–Trinajstić information content (AvgIpc) is 2.55. The van der Waals surface area contributed by atoms with E-state index in [0.717, 1.165) is 24.2 Å². The van der Waals surface area contributed by atoms with E-state index in [1.54, 1.807) is 12.1 Å². The Morgan fingerprint density at radius 2 is 1.48 bits per heavy atom. The van der Waals surface area contributed by atoms with E-state index < -0.39 is 5.97 Å². The van der Waals surface area contributed by atoms with Crippen molar-refractivity contribution < 1.29 is 9.90 Å². The maximum atomic E-state index is 11.0. The van der Waals surface area contributed by atoms with Crippen molar-refractivity contribution in [1.29, 1.82) is 0 Å². The molecule has 2 aromatic carbocycles. The highest BCUT2D eigenvalue weighted by Gasteiger charge is 2.09. The number of rotatable bonds is 4. The fourth-order valence-corrected chi connectivity index (χ4v) is 1.76. The van der Waals surface area contributed by atoms with Crippen LogP contribution in [0.2, 0.25) is 0 Å². The molecule has 3 nitrogen and oxygen atoms in total. The van der Waals surface area contributed by atoms with Gasteiger partial charge in [-0.05, 0) is 37.3 Å². The van der Waals surface area contributed by atoms with Gasteiger partial charge in [-0.2, -0.15) is 0 Å². The Morgan fingerprint density at radius 1 is 0.952 bits per heavy atom. The number of carboxylic acid groups (broad SMARTS) is 1. The molecule has 0 aliphatic carbocycles. The zero-order valence-corrected chi connectivity index (χ0v) is 12.9. The van der Waals surface area contributed by atoms with Crippen molar-refractivity contribution in [2.45, 2.75) is 13.8 Å². The first kappa shape index (κ1) is 16.9. The summed E-state index contributed by atoms with van der Waals surface area (Å²) in [5.74, 6) is -0.894. The quantitative estimate of drug-likeness (QED) is 0.922. The number of hydrogen-bond acceptors (Lipinski definition) is 2. The van der Waals surface area contributed by atoms with Crippen molar-refractivity contribution in [1.82, 2.24) is 4.90 Å². The summed E-state index contributed by atoms with van der Waals surface area (Å²) in [5, 5.41) is 9.03. The van der Waals surface area contributed by atoms with Gasteiger partial charge in [-0.25, -0.2) is 4.79 Å². The van der Waals surface area contributed by atoms with Gasteiger partial charge in [0, 0.05) is 0 Å². The van der Waals surface area contributed by atoms with Crippen molar-refractivity contribution >= 4 is 5.97 Å². The Bertz CT molecular complexity index is 548. The first-order valence-corrected chi connectivity index (χ1v) is 7.16. The van der Waals surface area contributed by atoms with Gasteiger partial charge in [0.2, 0.25) is 0 Å². The second-order valence-corrected chi connectivity index (χ2v) is 4.71. The van der Waals surface area contributed by atoms with E-state index in [9.17, 15) is 4.79 Å². The van der Waals surface area contributed by atoms with Gasteiger partial charge >= 0.3 is 5.97 Å². The van der Waals surface area contributed by atoms with Crippen molar-refractivity contribution in [3.05, 3.63) is 60.2 Å². The van der Waals surface area contributed by atoms with Gasteiger partial charge < -0.3 is 10.0 Å². The largest absolute Gasteiger partial charge is 0.478 e. The molecule has 112 valence electrons. The van der Waals surface area contributed by atoms with Gasteiger partial charge in [0.15, 0.2) is 0 Å². The molecule has 0 saturated carbocycles. The molecule has 0 heterocycles. The van der Waals surface area contributed by atoms with Crippen molar-refractivity contribution in [3.8, 4) is 11.1 Å². The van der Waals surface area contributed by atoms with E-state index in [1.807, 2.05) is 42.5 Å². The Hall–Kier alpha value is -2.13. The maximum absolute atomic E-state index is 11.0. The summed E-state index contributed by atoms with van der Waals surface area (Å²) in [6, 6.07) is 16.5. The van der Waals surface area contributed by atoms with Crippen LogP contribution in [0.3, 0.4) is 0 Å². The van der Waals surface area contributed by atoms with Crippen LogP contribution in [0.4, 0.5) is 0 Å². The molecule has 21 heavy (non-hydrogen) atoms. The molecule has 0 spiro atoms. The molecule has 0 amide bonds. The highest BCUT2D eigenvalue weighted by molar-refractivity contribution is 5.95. The van der Waals surface area contributed by atoms with E-state index in [1.165, 1.54) is 0 Å². The van der Waals surface area contributed by atoms with Gasteiger partial charge in [0.25, 0.3) is 0 Å². The molecule has 0 saturated heterocycles. The summed E-state index contributed by atoms with van der Waals surface area (Å²) < 4.78 is 0. The van der Waals surface area contributed by atoms with Crippen LogP contribution in [0.1, 0.15) is 24.2 Å². The van der Waals surface area contributed by atoms with Crippen LogP contribution in [-0.4, -0.2) is 36.1 Å². The van der Waals surface area contributed by atoms with E-state index >= 15 is 0 Å². The highest BCUT2D eigenvalue weighted by Crippen LogP contribution is 2.22. The summed E-state index contributed by atoms with van der Waals surface area (Å²) in [6.45, 7) is 6.64. The Balaban J connectivity index is 0.000000315. The van der Waals surface area contributed by atoms with Gasteiger partial charge in [0.1, 0.15) is 0 Å². The zero-order chi connectivity index (χ0) is 15.7. The normalized spacial score (nSPS) is 9.90. The molecular weight excluding hydrogens is 262 g/mol. The Kier molecular flexibility index (Phi) is 7.19. The molecule has 3 heteroatoms. The SMILES string of the molecule is CCN(C)CC.O=C(O)c1ccccc1-c1ccccc1. The minimum absolute atomic E-state index is 0.337. The molecule has 0 atom stereocenters. The van der Waals surface area contributed by atoms with Crippen LogP contribution in [0, 0.1) is 0 Å². The van der Waals surface area contributed by atoms with Crippen LogP contribution in [0.15, 0.2) is 54.6 Å². The van der Waals surface area contributed by atoms with E-state index in [2.05, 4.69) is 25.8 Å². The monoisotopic (exact) mass is 285 g/mol. The zero-order valence-electron chi connectivity index (χ0n) is 12.9. The first-order chi connectivity index (χ1) is 10.1. The predicted molar refractivity (Wildman–Crippen MR) is 87.7 cm³/mol. The van der Waals surface area contributed by atoms with Crippen LogP contribution in [0.25, 0.3) is 11.1 Å². The van der Waals surface area contributed by atoms with Gasteiger partial charge in [-0.15, -0.1) is 0 Å². The molecule has 0 fully saturated rings. The number of hydrogen-bond donors (Lipinski definition) is 1. The average molecular weight is 285 g/mol. The number of aromatic carboxylic acids is 1. The van der Waals surface area contributed by atoms with Crippen LogP contribution >= 0.6 is 0 Å². The molecule has 0 aliphatic rings. The lowest BCUT2D eigenvalue weighted by atomic mass is 10.00. The fraction of sp³-hybridized carbons (Fsp3) is 0.278. The van der Waals surface area contributed by atoms with Crippen molar-refractivity contribution in [2.75, 3.05) is 20.1 Å². The Labute approximate surface area is 126 Å².